The zero-order valence-electron chi connectivity index (χ0n) is 11.3. The number of aromatic nitrogens is 1. The van der Waals surface area contributed by atoms with Crippen LogP contribution in [0.15, 0.2) is 34.9 Å². The third-order valence-corrected chi connectivity index (χ3v) is 6.13. The molecule has 1 aromatic heterocycles. The summed E-state index contributed by atoms with van der Waals surface area (Å²) in [5, 5.41) is 3.85. The number of halogens is 1. The summed E-state index contributed by atoms with van der Waals surface area (Å²) >= 11 is 3.48. The SMILES string of the molecule is O=C(Cn1ccc2c(Br)cccc21)N[C@H]1CCS(=O)(=O)C1. The molecule has 1 aromatic carbocycles. The van der Waals surface area contributed by atoms with E-state index in [2.05, 4.69) is 21.2 Å². The van der Waals surface area contributed by atoms with Crippen LogP contribution in [-0.4, -0.2) is 36.4 Å². The van der Waals surface area contributed by atoms with Gasteiger partial charge in [-0.15, -0.1) is 0 Å². The lowest BCUT2D eigenvalue weighted by molar-refractivity contribution is -0.122. The van der Waals surface area contributed by atoms with E-state index in [0.717, 1.165) is 15.4 Å². The van der Waals surface area contributed by atoms with Gasteiger partial charge >= 0.3 is 0 Å². The maximum atomic E-state index is 12.1. The Bertz CT molecular complexity index is 798. The maximum Gasteiger partial charge on any atom is 0.240 e. The van der Waals surface area contributed by atoms with E-state index in [1.807, 2.05) is 35.0 Å². The number of fused-ring (bicyclic) bond motifs is 1. The molecule has 1 aliphatic rings. The average molecular weight is 371 g/mol. The molecule has 1 aliphatic heterocycles. The Morgan fingerprint density at radius 2 is 2.19 bits per heavy atom. The van der Waals surface area contributed by atoms with Crippen LogP contribution in [0.1, 0.15) is 6.42 Å². The molecule has 21 heavy (non-hydrogen) atoms. The van der Waals surface area contributed by atoms with Crippen LogP contribution in [0.5, 0.6) is 0 Å². The van der Waals surface area contributed by atoms with E-state index >= 15 is 0 Å². The van der Waals surface area contributed by atoms with E-state index < -0.39 is 9.84 Å². The van der Waals surface area contributed by atoms with Crippen LogP contribution < -0.4 is 5.32 Å². The number of amides is 1. The first kappa shape index (κ1) is 14.6. The van der Waals surface area contributed by atoms with Gasteiger partial charge in [0.25, 0.3) is 0 Å². The van der Waals surface area contributed by atoms with Crippen molar-refractivity contribution in [3.63, 3.8) is 0 Å². The monoisotopic (exact) mass is 370 g/mol. The van der Waals surface area contributed by atoms with Crippen molar-refractivity contribution in [2.45, 2.75) is 19.0 Å². The lowest BCUT2D eigenvalue weighted by Gasteiger charge is -2.12. The molecule has 1 saturated heterocycles. The van der Waals surface area contributed by atoms with Gasteiger partial charge in [0.2, 0.25) is 5.91 Å². The van der Waals surface area contributed by atoms with Crippen LogP contribution in [-0.2, 0) is 21.2 Å². The number of benzene rings is 1. The van der Waals surface area contributed by atoms with Crippen molar-refractivity contribution in [2.75, 3.05) is 11.5 Å². The number of carbonyl (C=O) groups excluding carboxylic acids is 1. The number of hydrogen-bond donors (Lipinski definition) is 1. The first-order chi connectivity index (χ1) is 9.94. The molecule has 0 bridgehead atoms. The van der Waals surface area contributed by atoms with Gasteiger partial charge in [0.1, 0.15) is 6.54 Å². The van der Waals surface area contributed by atoms with Gasteiger partial charge in [0.05, 0.1) is 11.5 Å². The fraction of sp³-hybridized carbons (Fsp3) is 0.357. The minimum Gasteiger partial charge on any atom is -0.351 e. The van der Waals surface area contributed by atoms with Crippen LogP contribution >= 0.6 is 15.9 Å². The molecule has 2 heterocycles. The van der Waals surface area contributed by atoms with Crippen LogP contribution in [0.3, 0.4) is 0 Å². The van der Waals surface area contributed by atoms with Crippen molar-refractivity contribution in [1.29, 1.82) is 0 Å². The smallest absolute Gasteiger partial charge is 0.240 e. The highest BCUT2D eigenvalue weighted by atomic mass is 79.9. The predicted octanol–water partition coefficient (Wildman–Crippen LogP) is 1.71. The molecule has 3 rings (SSSR count). The minimum absolute atomic E-state index is 0.0523. The fourth-order valence-corrected chi connectivity index (χ4v) is 4.82. The first-order valence-corrected chi connectivity index (χ1v) is 9.29. The summed E-state index contributed by atoms with van der Waals surface area (Å²) in [7, 11) is -2.97. The molecule has 1 fully saturated rings. The zero-order chi connectivity index (χ0) is 15.0. The van der Waals surface area contributed by atoms with Gasteiger partial charge in [-0.05, 0) is 24.6 Å². The van der Waals surface area contributed by atoms with E-state index in [9.17, 15) is 13.2 Å². The molecule has 0 radical (unpaired) electrons. The number of rotatable bonds is 3. The summed E-state index contributed by atoms with van der Waals surface area (Å²) in [5.74, 6) is 0.0585. The van der Waals surface area contributed by atoms with E-state index in [-0.39, 0.29) is 30.0 Å². The van der Waals surface area contributed by atoms with Crippen molar-refractivity contribution in [3.8, 4) is 0 Å². The number of hydrogen-bond acceptors (Lipinski definition) is 3. The maximum absolute atomic E-state index is 12.1. The van der Waals surface area contributed by atoms with E-state index in [0.29, 0.717) is 6.42 Å². The summed E-state index contributed by atoms with van der Waals surface area (Å²) in [6, 6.07) is 7.52. The van der Waals surface area contributed by atoms with Gasteiger partial charge in [-0.2, -0.15) is 0 Å². The Morgan fingerprint density at radius 3 is 2.90 bits per heavy atom. The molecule has 1 amide bonds. The Balaban J connectivity index is 1.71. The predicted molar refractivity (Wildman–Crippen MR) is 84.8 cm³/mol. The Labute approximate surface area is 131 Å². The molecule has 0 spiro atoms. The molecule has 1 atom stereocenters. The van der Waals surface area contributed by atoms with Crippen molar-refractivity contribution in [2.24, 2.45) is 0 Å². The summed E-state index contributed by atoms with van der Waals surface area (Å²) in [5.41, 5.74) is 0.971. The second kappa shape index (κ2) is 5.46. The molecular formula is C14H15BrN2O3S. The van der Waals surface area contributed by atoms with Gasteiger partial charge in [-0.3, -0.25) is 4.79 Å². The third kappa shape index (κ3) is 3.13. The van der Waals surface area contributed by atoms with Gasteiger partial charge in [0, 0.05) is 27.6 Å². The van der Waals surface area contributed by atoms with E-state index in [1.165, 1.54) is 0 Å². The summed E-state index contributed by atoms with van der Waals surface area (Å²) < 4.78 is 25.6. The largest absolute Gasteiger partial charge is 0.351 e. The first-order valence-electron chi connectivity index (χ1n) is 6.68. The summed E-state index contributed by atoms with van der Waals surface area (Å²) in [6.45, 7) is 0.191. The molecule has 7 heteroatoms. The number of sulfone groups is 1. The molecule has 0 aliphatic carbocycles. The Kier molecular flexibility index (Phi) is 3.79. The highest BCUT2D eigenvalue weighted by molar-refractivity contribution is 9.10. The zero-order valence-corrected chi connectivity index (χ0v) is 13.7. The van der Waals surface area contributed by atoms with Crippen molar-refractivity contribution in [1.82, 2.24) is 9.88 Å². The van der Waals surface area contributed by atoms with Crippen LogP contribution in [0.25, 0.3) is 10.9 Å². The minimum atomic E-state index is -2.97. The van der Waals surface area contributed by atoms with Crippen molar-refractivity contribution >= 4 is 42.6 Å². The topological polar surface area (TPSA) is 68.2 Å². The van der Waals surface area contributed by atoms with Crippen LogP contribution in [0.4, 0.5) is 0 Å². The molecule has 5 nitrogen and oxygen atoms in total. The summed E-state index contributed by atoms with van der Waals surface area (Å²) in [6.07, 6.45) is 2.37. The van der Waals surface area contributed by atoms with Crippen LogP contribution in [0.2, 0.25) is 0 Å². The van der Waals surface area contributed by atoms with Crippen LogP contribution in [0, 0.1) is 0 Å². The highest BCUT2D eigenvalue weighted by Crippen LogP contribution is 2.24. The second-order valence-electron chi connectivity index (χ2n) is 5.28. The molecular weight excluding hydrogens is 356 g/mol. The van der Waals surface area contributed by atoms with Gasteiger partial charge in [-0.1, -0.05) is 22.0 Å². The fourth-order valence-electron chi connectivity index (χ4n) is 2.66. The standard InChI is InChI=1S/C14H15BrN2O3S/c15-12-2-1-3-13-11(12)4-6-17(13)8-14(18)16-10-5-7-21(19,20)9-10/h1-4,6,10H,5,7-9H2,(H,16,18)/t10-/m0/s1. The lowest BCUT2D eigenvalue weighted by Crippen LogP contribution is -2.37. The molecule has 1 N–H and O–H groups in total. The highest BCUT2D eigenvalue weighted by Gasteiger charge is 2.28. The Hall–Kier alpha value is -1.34. The van der Waals surface area contributed by atoms with Gasteiger partial charge < -0.3 is 9.88 Å². The van der Waals surface area contributed by atoms with E-state index in [1.54, 1.807) is 0 Å². The lowest BCUT2D eigenvalue weighted by atomic mass is 10.2. The van der Waals surface area contributed by atoms with Crippen molar-refractivity contribution in [3.05, 3.63) is 34.9 Å². The second-order valence-corrected chi connectivity index (χ2v) is 8.37. The molecule has 2 aromatic rings. The van der Waals surface area contributed by atoms with Gasteiger partial charge in [0.15, 0.2) is 9.84 Å². The van der Waals surface area contributed by atoms with E-state index in [4.69, 9.17) is 0 Å². The third-order valence-electron chi connectivity index (χ3n) is 3.67. The molecule has 0 unspecified atom stereocenters. The summed E-state index contributed by atoms with van der Waals surface area (Å²) in [4.78, 5) is 12.1. The van der Waals surface area contributed by atoms with Crippen molar-refractivity contribution < 1.29 is 13.2 Å². The number of carbonyl (C=O) groups is 1. The molecule has 0 saturated carbocycles. The number of nitrogens with one attached hydrogen (secondary N) is 1. The quantitative estimate of drug-likeness (QED) is 0.893. The van der Waals surface area contributed by atoms with Gasteiger partial charge in [-0.25, -0.2) is 8.42 Å². The Morgan fingerprint density at radius 1 is 1.38 bits per heavy atom. The normalized spacial score (nSPS) is 20.7. The average Bonchev–Trinajstić information content (AvgIpc) is 2.95. The molecule has 112 valence electrons. The number of nitrogens with zero attached hydrogens (tertiary/aromatic N) is 1.